The lowest BCUT2D eigenvalue weighted by Gasteiger charge is -2.30. The number of hydrogen-bond acceptors (Lipinski definition) is 4. The third-order valence-corrected chi connectivity index (χ3v) is 5.26. The Morgan fingerprint density at radius 1 is 0.929 bits per heavy atom. The van der Waals surface area contributed by atoms with E-state index in [1.165, 1.54) is 19.3 Å². The molecule has 0 atom stereocenters. The highest BCUT2D eigenvalue weighted by atomic mass is 16.2. The third kappa shape index (κ3) is 3.60. The number of nitrogens with zero attached hydrogens (tertiary/aromatic N) is 2. The normalized spacial score (nSPS) is 14.1. The van der Waals surface area contributed by atoms with Gasteiger partial charge >= 0.3 is 0 Å². The summed E-state index contributed by atoms with van der Waals surface area (Å²) in [5.41, 5.74) is 3.19. The molecule has 0 bridgehead atoms. The van der Waals surface area contributed by atoms with Gasteiger partial charge in [0.15, 0.2) is 0 Å². The molecule has 2 aromatic carbocycles. The molecule has 1 aliphatic heterocycles. The first kappa shape index (κ1) is 18.2. The van der Waals surface area contributed by atoms with E-state index >= 15 is 0 Å². The van der Waals surface area contributed by atoms with Crippen molar-refractivity contribution in [2.45, 2.75) is 26.2 Å². The first-order chi connectivity index (χ1) is 13.6. The molecular formula is C23H23N3O2. The van der Waals surface area contributed by atoms with Gasteiger partial charge in [0.1, 0.15) is 0 Å². The number of carbonyl (C=O) groups excluding carboxylic acids is 2. The third-order valence-electron chi connectivity index (χ3n) is 5.26. The molecule has 142 valence electrons. The van der Waals surface area contributed by atoms with Crippen LogP contribution in [0.1, 0.15) is 35.2 Å². The van der Waals surface area contributed by atoms with Crippen LogP contribution in [0.4, 0.5) is 11.4 Å². The zero-order valence-corrected chi connectivity index (χ0v) is 15.9. The minimum atomic E-state index is -0.639. The van der Waals surface area contributed by atoms with Crippen molar-refractivity contribution in [2.75, 3.05) is 23.3 Å². The Hall–Kier alpha value is -3.21. The number of aromatic nitrogens is 1. The number of piperidine rings is 1. The summed E-state index contributed by atoms with van der Waals surface area (Å²) in [7, 11) is 0. The van der Waals surface area contributed by atoms with E-state index in [1.54, 1.807) is 24.5 Å². The molecule has 5 heteroatoms. The Morgan fingerprint density at radius 2 is 1.68 bits per heavy atom. The van der Waals surface area contributed by atoms with Crippen LogP contribution in [-0.2, 0) is 4.79 Å². The second kappa shape index (κ2) is 7.80. The van der Waals surface area contributed by atoms with E-state index in [9.17, 15) is 9.59 Å². The van der Waals surface area contributed by atoms with E-state index in [4.69, 9.17) is 0 Å². The molecule has 1 aliphatic rings. The minimum absolute atomic E-state index is 0.385. The zero-order valence-electron chi connectivity index (χ0n) is 15.9. The van der Waals surface area contributed by atoms with Crippen molar-refractivity contribution in [1.29, 1.82) is 0 Å². The molecular weight excluding hydrogens is 350 g/mol. The highest BCUT2D eigenvalue weighted by molar-refractivity contribution is 6.47. The maximum Gasteiger partial charge on any atom is 0.296 e. The molecule has 1 amide bonds. The number of amides is 1. The maximum absolute atomic E-state index is 12.5. The molecule has 3 aromatic rings. The van der Waals surface area contributed by atoms with Crippen LogP contribution in [0.3, 0.4) is 0 Å². The van der Waals surface area contributed by atoms with Crippen molar-refractivity contribution in [3.8, 4) is 0 Å². The Balaban J connectivity index is 1.63. The monoisotopic (exact) mass is 373 g/mol. The fourth-order valence-corrected chi connectivity index (χ4v) is 3.71. The summed E-state index contributed by atoms with van der Waals surface area (Å²) in [6, 6.07) is 12.9. The fraction of sp³-hybridized carbons (Fsp3) is 0.261. The summed E-state index contributed by atoms with van der Waals surface area (Å²) in [5.74, 6) is -1.18. The van der Waals surface area contributed by atoms with Gasteiger partial charge in [-0.15, -0.1) is 0 Å². The van der Waals surface area contributed by atoms with Crippen molar-refractivity contribution in [3.63, 3.8) is 0 Å². The number of benzene rings is 2. The molecule has 5 nitrogen and oxygen atoms in total. The Labute approximate surface area is 164 Å². The highest BCUT2D eigenvalue weighted by Gasteiger charge is 2.19. The van der Waals surface area contributed by atoms with Crippen LogP contribution in [-0.4, -0.2) is 29.8 Å². The topological polar surface area (TPSA) is 62.3 Å². The number of nitrogens with one attached hydrogen (secondary N) is 1. The van der Waals surface area contributed by atoms with Crippen LogP contribution in [0.2, 0.25) is 0 Å². The van der Waals surface area contributed by atoms with E-state index in [1.807, 2.05) is 37.3 Å². The van der Waals surface area contributed by atoms with Gasteiger partial charge in [0.2, 0.25) is 0 Å². The molecule has 0 spiro atoms. The van der Waals surface area contributed by atoms with Gasteiger partial charge in [0, 0.05) is 47.5 Å². The van der Waals surface area contributed by atoms with Gasteiger partial charge in [-0.25, -0.2) is 0 Å². The number of carbonyl (C=O) groups is 2. The molecule has 0 aliphatic carbocycles. The molecule has 1 N–H and O–H groups in total. The lowest BCUT2D eigenvalue weighted by Crippen LogP contribution is -2.29. The smallest absolute Gasteiger partial charge is 0.296 e. The van der Waals surface area contributed by atoms with Gasteiger partial charge in [0.05, 0.1) is 5.69 Å². The number of rotatable bonds is 4. The van der Waals surface area contributed by atoms with Crippen molar-refractivity contribution >= 4 is 33.8 Å². The van der Waals surface area contributed by atoms with Crippen LogP contribution in [0.25, 0.3) is 10.8 Å². The summed E-state index contributed by atoms with van der Waals surface area (Å²) in [6.07, 6.45) is 7.16. The highest BCUT2D eigenvalue weighted by Crippen LogP contribution is 2.33. The van der Waals surface area contributed by atoms with Crippen LogP contribution in [0.5, 0.6) is 0 Å². The Morgan fingerprint density at radius 3 is 2.43 bits per heavy atom. The average Bonchev–Trinajstić information content (AvgIpc) is 2.74. The molecule has 28 heavy (non-hydrogen) atoms. The molecule has 1 aromatic heterocycles. The van der Waals surface area contributed by atoms with E-state index in [-0.39, 0.29) is 0 Å². The van der Waals surface area contributed by atoms with E-state index in [0.717, 1.165) is 35.1 Å². The van der Waals surface area contributed by atoms with E-state index in [0.29, 0.717) is 11.3 Å². The summed E-state index contributed by atoms with van der Waals surface area (Å²) in [6.45, 7) is 4.02. The average molecular weight is 373 g/mol. The number of aryl methyl sites for hydroxylation is 1. The van der Waals surface area contributed by atoms with Crippen LogP contribution in [0.15, 0.2) is 54.9 Å². The van der Waals surface area contributed by atoms with Crippen molar-refractivity contribution in [2.24, 2.45) is 0 Å². The lowest BCUT2D eigenvalue weighted by atomic mass is 10.0. The molecule has 0 saturated carbocycles. The quantitative estimate of drug-likeness (QED) is 0.545. The number of fused-ring (bicyclic) bond motifs is 1. The summed E-state index contributed by atoms with van der Waals surface area (Å²) < 4.78 is 0. The predicted octanol–water partition coefficient (Wildman–Crippen LogP) is 4.35. The Bertz CT molecular complexity index is 1020. The molecule has 1 fully saturated rings. The zero-order chi connectivity index (χ0) is 19.5. The van der Waals surface area contributed by atoms with Crippen molar-refractivity contribution in [3.05, 3.63) is 66.0 Å². The molecule has 1 saturated heterocycles. The van der Waals surface area contributed by atoms with Crippen molar-refractivity contribution < 1.29 is 9.59 Å². The van der Waals surface area contributed by atoms with E-state index in [2.05, 4.69) is 15.2 Å². The summed E-state index contributed by atoms with van der Waals surface area (Å²) >= 11 is 0. The largest absolute Gasteiger partial charge is 0.371 e. The molecule has 2 heterocycles. The van der Waals surface area contributed by atoms with E-state index < -0.39 is 11.7 Å². The molecule has 4 rings (SSSR count). The van der Waals surface area contributed by atoms with Gasteiger partial charge in [0.25, 0.3) is 11.7 Å². The van der Waals surface area contributed by atoms with Crippen LogP contribution < -0.4 is 10.2 Å². The number of hydrogen-bond donors (Lipinski definition) is 1. The van der Waals surface area contributed by atoms with Crippen LogP contribution >= 0.6 is 0 Å². The number of anilines is 2. The Kier molecular flexibility index (Phi) is 5.06. The maximum atomic E-state index is 12.5. The van der Waals surface area contributed by atoms with Crippen molar-refractivity contribution in [1.82, 2.24) is 4.98 Å². The van der Waals surface area contributed by atoms with Gasteiger partial charge in [-0.05, 0) is 44.4 Å². The SMILES string of the molecule is Cc1ccc(C(=O)C(=O)Nc2ccc(N3CCCCC3)c3ccncc23)cc1. The minimum Gasteiger partial charge on any atom is -0.371 e. The van der Waals surface area contributed by atoms with Crippen LogP contribution in [0, 0.1) is 6.92 Å². The number of Topliss-reactive ketones (excluding diaryl/α,β-unsaturated/α-hetero) is 1. The second-order valence-electron chi connectivity index (χ2n) is 7.25. The fourth-order valence-electron chi connectivity index (χ4n) is 3.71. The standard InChI is InChI=1S/C23H23N3O2/c1-16-5-7-17(8-6-16)22(27)23(28)25-20-9-10-21(26-13-3-2-4-14-26)18-11-12-24-15-19(18)20/h5-12,15H,2-4,13-14H2,1H3,(H,25,28). The summed E-state index contributed by atoms with van der Waals surface area (Å²) in [5, 5.41) is 4.66. The molecule has 0 unspecified atom stereocenters. The molecule has 0 radical (unpaired) electrons. The van der Waals surface area contributed by atoms with Gasteiger partial charge in [-0.3, -0.25) is 14.6 Å². The predicted molar refractivity (Wildman–Crippen MR) is 112 cm³/mol. The number of ketones is 1. The van der Waals surface area contributed by atoms with Gasteiger partial charge < -0.3 is 10.2 Å². The van der Waals surface area contributed by atoms with Gasteiger partial charge in [-0.1, -0.05) is 29.8 Å². The van der Waals surface area contributed by atoms with Gasteiger partial charge in [-0.2, -0.15) is 0 Å². The first-order valence-electron chi connectivity index (χ1n) is 9.67. The number of pyridine rings is 1. The summed E-state index contributed by atoms with van der Waals surface area (Å²) in [4.78, 5) is 31.6. The second-order valence-corrected chi connectivity index (χ2v) is 7.25. The first-order valence-corrected chi connectivity index (χ1v) is 9.67. The lowest BCUT2D eigenvalue weighted by molar-refractivity contribution is -0.112.